The number of aryl methyl sites for hydroxylation is 1. The second-order valence-electron chi connectivity index (χ2n) is 7.09. The molecule has 2 bridgehead atoms. The first-order valence-corrected chi connectivity index (χ1v) is 11.9. The van der Waals surface area contributed by atoms with E-state index >= 15 is 0 Å². The maximum Gasteiger partial charge on any atom is 0.245 e. The van der Waals surface area contributed by atoms with E-state index in [1.807, 2.05) is 6.92 Å². The van der Waals surface area contributed by atoms with E-state index in [-0.39, 0.29) is 14.7 Å². The maximum absolute atomic E-state index is 13.2. The third-order valence-corrected chi connectivity index (χ3v) is 9.03. The molecule has 3 atom stereocenters. The van der Waals surface area contributed by atoms with E-state index in [4.69, 9.17) is 4.74 Å². The monoisotopic (exact) mass is 419 g/mol. The number of nitrogens with zero attached hydrogens (tertiary/aromatic N) is 1. The molecule has 2 heterocycles. The van der Waals surface area contributed by atoms with E-state index in [1.165, 1.54) is 16.4 Å². The summed E-state index contributed by atoms with van der Waals surface area (Å²) in [5.41, 5.74) is 0.958. The number of benzene rings is 2. The van der Waals surface area contributed by atoms with Crippen LogP contribution >= 0.6 is 0 Å². The first-order chi connectivity index (χ1) is 13.2. The summed E-state index contributed by atoms with van der Waals surface area (Å²) >= 11 is 0. The smallest absolute Gasteiger partial charge is 0.245 e. The molecule has 0 unspecified atom stereocenters. The summed E-state index contributed by atoms with van der Waals surface area (Å²) in [6.45, 7) is 5.65. The zero-order valence-electron chi connectivity index (χ0n) is 15.4. The Kier molecular flexibility index (Phi) is 4.70. The Morgan fingerprint density at radius 1 is 0.964 bits per heavy atom. The lowest BCUT2D eigenvalue weighted by Gasteiger charge is -2.23. The van der Waals surface area contributed by atoms with Crippen molar-refractivity contribution in [1.29, 1.82) is 0 Å². The molecule has 2 saturated heterocycles. The molecule has 148 valence electrons. The van der Waals surface area contributed by atoms with Crippen molar-refractivity contribution in [2.24, 2.45) is 0 Å². The van der Waals surface area contributed by atoms with Crippen LogP contribution in [0.1, 0.15) is 18.4 Å². The van der Waals surface area contributed by atoms with E-state index < -0.39 is 38.2 Å². The molecule has 2 aromatic rings. The Morgan fingerprint density at radius 2 is 1.61 bits per heavy atom. The molecule has 0 radical (unpaired) electrons. The van der Waals surface area contributed by atoms with Crippen LogP contribution in [0.15, 0.2) is 75.9 Å². The molecule has 0 aromatic heterocycles. The molecule has 2 aliphatic heterocycles. The van der Waals surface area contributed by atoms with Crippen molar-refractivity contribution >= 4 is 19.9 Å². The minimum absolute atomic E-state index is 0.102. The Hall–Kier alpha value is -2.00. The van der Waals surface area contributed by atoms with Gasteiger partial charge in [0.1, 0.15) is 12.3 Å². The molecule has 2 aliphatic rings. The molecule has 4 rings (SSSR count). The van der Waals surface area contributed by atoms with Crippen LogP contribution in [-0.4, -0.2) is 39.5 Å². The summed E-state index contributed by atoms with van der Waals surface area (Å²) in [7, 11) is -7.62. The zero-order valence-corrected chi connectivity index (χ0v) is 17.0. The van der Waals surface area contributed by atoms with Crippen LogP contribution in [0, 0.1) is 6.92 Å². The number of hydrogen-bond acceptors (Lipinski definition) is 5. The number of fused-ring (bicyclic) bond motifs is 2. The van der Waals surface area contributed by atoms with Crippen LogP contribution in [0.4, 0.5) is 0 Å². The minimum atomic E-state index is -3.82. The molecule has 8 heteroatoms. The normalized spacial score (nSPS) is 25.1. The fourth-order valence-corrected chi connectivity index (χ4v) is 6.91. The van der Waals surface area contributed by atoms with Crippen LogP contribution in [-0.2, 0) is 24.6 Å². The van der Waals surface area contributed by atoms with Gasteiger partial charge in [0.2, 0.25) is 19.9 Å². The SMILES string of the molecule is C=C([C@@H]1O[C@H]2CC[C@@H]1N2S(=O)(=O)c1ccc(C)cc1)S(=O)(=O)c1ccccc1. The van der Waals surface area contributed by atoms with Gasteiger partial charge in [-0.15, -0.1) is 0 Å². The van der Waals surface area contributed by atoms with Crippen molar-refractivity contribution < 1.29 is 21.6 Å². The van der Waals surface area contributed by atoms with Gasteiger partial charge in [-0.05, 0) is 44.0 Å². The van der Waals surface area contributed by atoms with Crippen molar-refractivity contribution in [1.82, 2.24) is 4.31 Å². The third kappa shape index (κ3) is 3.00. The predicted molar refractivity (Wildman–Crippen MR) is 105 cm³/mol. The maximum atomic E-state index is 13.2. The fraction of sp³-hybridized carbons (Fsp3) is 0.300. The lowest BCUT2D eigenvalue weighted by molar-refractivity contribution is 0.0248. The van der Waals surface area contributed by atoms with Crippen molar-refractivity contribution in [2.75, 3.05) is 0 Å². The van der Waals surface area contributed by atoms with Gasteiger partial charge in [-0.1, -0.05) is 42.5 Å². The summed E-state index contributed by atoms with van der Waals surface area (Å²) in [4.78, 5) is 0.199. The highest BCUT2D eigenvalue weighted by molar-refractivity contribution is 7.95. The Balaban J connectivity index is 1.65. The summed E-state index contributed by atoms with van der Waals surface area (Å²) < 4.78 is 59.3. The molecule has 28 heavy (non-hydrogen) atoms. The molecule has 2 aromatic carbocycles. The van der Waals surface area contributed by atoms with Crippen LogP contribution < -0.4 is 0 Å². The van der Waals surface area contributed by atoms with Gasteiger partial charge in [0.25, 0.3) is 0 Å². The van der Waals surface area contributed by atoms with Gasteiger partial charge in [-0.3, -0.25) is 0 Å². The molecule has 2 fully saturated rings. The molecule has 0 amide bonds. The second-order valence-corrected chi connectivity index (χ2v) is 10.9. The average molecular weight is 420 g/mol. The first kappa shape index (κ1) is 19.3. The molecular formula is C20H21NO5S2. The largest absolute Gasteiger partial charge is 0.352 e. The Labute approximate surface area is 165 Å². The number of sulfone groups is 1. The molecule has 0 aliphatic carbocycles. The van der Waals surface area contributed by atoms with Gasteiger partial charge < -0.3 is 4.74 Å². The molecule has 0 N–H and O–H groups in total. The number of sulfonamides is 1. The van der Waals surface area contributed by atoms with E-state index in [2.05, 4.69) is 6.58 Å². The van der Waals surface area contributed by atoms with Gasteiger partial charge in [-0.2, -0.15) is 4.31 Å². The highest BCUT2D eigenvalue weighted by atomic mass is 32.2. The second kappa shape index (κ2) is 6.81. The van der Waals surface area contributed by atoms with Crippen LogP contribution in [0.5, 0.6) is 0 Å². The lowest BCUT2D eigenvalue weighted by Crippen LogP contribution is -2.38. The molecule has 0 spiro atoms. The van der Waals surface area contributed by atoms with Crippen LogP contribution in [0.2, 0.25) is 0 Å². The third-order valence-electron chi connectivity index (χ3n) is 5.29. The summed E-state index contributed by atoms with van der Waals surface area (Å²) in [6.07, 6.45) is -0.498. The van der Waals surface area contributed by atoms with Crippen molar-refractivity contribution in [2.45, 2.75) is 47.9 Å². The lowest BCUT2D eigenvalue weighted by atomic mass is 10.1. The molecule has 6 nitrogen and oxygen atoms in total. The molecular weight excluding hydrogens is 398 g/mol. The summed E-state index contributed by atoms with van der Waals surface area (Å²) in [5.74, 6) is 0. The van der Waals surface area contributed by atoms with E-state index in [0.29, 0.717) is 12.8 Å². The average Bonchev–Trinajstić information content (AvgIpc) is 3.27. The van der Waals surface area contributed by atoms with Crippen LogP contribution in [0.25, 0.3) is 0 Å². The topological polar surface area (TPSA) is 80.8 Å². The molecule has 0 saturated carbocycles. The van der Waals surface area contributed by atoms with Gasteiger partial charge in [0, 0.05) is 0 Å². The van der Waals surface area contributed by atoms with Crippen molar-refractivity contribution in [3.05, 3.63) is 71.6 Å². The van der Waals surface area contributed by atoms with Gasteiger partial charge in [0.15, 0.2) is 0 Å². The highest BCUT2D eigenvalue weighted by Crippen LogP contribution is 2.44. The highest BCUT2D eigenvalue weighted by Gasteiger charge is 2.55. The number of hydrogen-bond donors (Lipinski definition) is 0. The van der Waals surface area contributed by atoms with E-state index in [0.717, 1.165) is 5.56 Å². The quantitative estimate of drug-likeness (QED) is 0.744. The van der Waals surface area contributed by atoms with Gasteiger partial charge in [-0.25, -0.2) is 16.8 Å². The van der Waals surface area contributed by atoms with E-state index in [9.17, 15) is 16.8 Å². The summed E-state index contributed by atoms with van der Waals surface area (Å²) in [5, 5.41) is 0. The van der Waals surface area contributed by atoms with Crippen molar-refractivity contribution in [3.63, 3.8) is 0 Å². The fourth-order valence-electron chi connectivity index (χ4n) is 3.81. The summed E-state index contributed by atoms with van der Waals surface area (Å²) in [6, 6.07) is 14.0. The van der Waals surface area contributed by atoms with Gasteiger partial charge >= 0.3 is 0 Å². The zero-order chi connectivity index (χ0) is 20.1. The number of rotatable bonds is 5. The van der Waals surface area contributed by atoms with Gasteiger partial charge in [0.05, 0.1) is 20.7 Å². The van der Waals surface area contributed by atoms with E-state index in [1.54, 1.807) is 42.5 Å². The Morgan fingerprint density at radius 3 is 2.25 bits per heavy atom. The number of ether oxygens (including phenoxy) is 1. The van der Waals surface area contributed by atoms with Crippen molar-refractivity contribution in [3.8, 4) is 0 Å². The Bertz CT molecular complexity index is 1110. The van der Waals surface area contributed by atoms with Crippen LogP contribution in [0.3, 0.4) is 0 Å². The first-order valence-electron chi connectivity index (χ1n) is 8.97. The predicted octanol–water partition coefficient (Wildman–Crippen LogP) is 2.86. The minimum Gasteiger partial charge on any atom is -0.352 e. The standard InChI is InChI=1S/C20H21NO5S2/c1-14-8-10-17(11-9-14)28(24,25)21-18-12-13-19(21)26-20(18)15(2)27(22,23)16-6-4-3-5-7-16/h3-11,18-20H,2,12-13H2,1H3/t18-,19-,20-/m0/s1.